The normalized spacial score (nSPS) is 13.2. The molecule has 1 amide bonds. The minimum Gasteiger partial charge on any atom is -0.733 e. The molecule has 0 radical (unpaired) electrons. The van der Waals surface area contributed by atoms with Gasteiger partial charge in [-0.3, -0.25) is 10.0 Å². The number of nitrogens with zero attached hydrogens (tertiary/aromatic N) is 1. The zero-order valence-corrected chi connectivity index (χ0v) is 11.9. The molecule has 1 rings (SSSR count). The highest BCUT2D eigenvalue weighted by atomic mass is 16.8. The molecule has 0 aromatic heterocycles. The number of hydrogen-bond donors (Lipinski definition) is 2. The number of anilines is 1. The van der Waals surface area contributed by atoms with Crippen LogP contribution in [0.25, 0.3) is 0 Å². The fourth-order valence-corrected chi connectivity index (χ4v) is 1.95. The van der Waals surface area contributed by atoms with Gasteiger partial charge in [-0.2, -0.15) is 0 Å². The Morgan fingerprint density at radius 3 is 2.43 bits per heavy atom. The van der Waals surface area contributed by atoms with Crippen LogP contribution in [0.4, 0.5) is 5.69 Å². The first kappa shape index (κ1) is 16.9. The van der Waals surface area contributed by atoms with Crippen LogP contribution in [0.15, 0.2) is 24.3 Å². The van der Waals surface area contributed by atoms with Gasteiger partial charge in [0.25, 0.3) is 0 Å². The molecular formula is C13H17N2O6-. The van der Waals surface area contributed by atoms with E-state index in [1.54, 1.807) is 6.07 Å². The Labute approximate surface area is 121 Å². The minimum atomic E-state index is -1.15. The third-order valence-electron chi connectivity index (χ3n) is 2.82. The van der Waals surface area contributed by atoms with Crippen LogP contribution in [0.5, 0.6) is 0 Å². The summed E-state index contributed by atoms with van der Waals surface area (Å²) in [5, 5.41) is 22.4. The molecule has 2 N–H and O–H groups in total. The van der Waals surface area contributed by atoms with E-state index >= 15 is 0 Å². The van der Waals surface area contributed by atoms with Crippen molar-refractivity contribution in [3.8, 4) is 0 Å². The van der Waals surface area contributed by atoms with Crippen LogP contribution in [0.3, 0.4) is 0 Å². The van der Waals surface area contributed by atoms with Gasteiger partial charge in [-0.05, 0) is 6.07 Å². The lowest BCUT2D eigenvalue weighted by atomic mass is 10.00. The maximum atomic E-state index is 11.8. The van der Waals surface area contributed by atoms with Gasteiger partial charge in [-0.25, -0.2) is 4.79 Å². The lowest BCUT2D eigenvalue weighted by Gasteiger charge is -2.30. The van der Waals surface area contributed by atoms with Crippen molar-refractivity contribution in [3.63, 3.8) is 0 Å². The third-order valence-corrected chi connectivity index (χ3v) is 2.82. The van der Waals surface area contributed by atoms with Crippen LogP contribution in [0.1, 0.15) is 18.6 Å². The maximum absolute atomic E-state index is 11.8. The van der Waals surface area contributed by atoms with Gasteiger partial charge in [0.2, 0.25) is 5.91 Å². The van der Waals surface area contributed by atoms with Crippen LogP contribution < -0.4 is 10.5 Å². The number of para-hydroxylation sites is 1. The van der Waals surface area contributed by atoms with E-state index in [0.717, 1.165) is 0 Å². The standard InChI is InChI=1S/C13H17N2O6/c1-8(16)14-11(13(17)21-3)12(20-2)9-6-4-5-7-10(9)15(18)19/h4-7,11-12,18H,1-3H3,(H,14,16)/q-1. The van der Waals surface area contributed by atoms with E-state index < -0.39 is 24.0 Å². The molecule has 0 fully saturated rings. The van der Waals surface area contributed by atoms with Gasteiger partial charge >= 0.3 is 5.97 Å². The molecule has 0 spiro atoms. The highest BCUT2D eigenvalue weighted by Gasteiger charge is 2.33. The van der Waals surface area contributed by atoms with E-state index in [9.17, 15) is 14.8 Å². The van der Waals surface area contributed by atoms with Crippen molar-refractivity contribution < 1.29 is 24.3 Å². The van der Waals surface area contributed by atoms with E-state index in [1.165, 1.54) is 39.3 Å². The van der Waals surface area contributed by atoms with Crippen LogP contribution in [-0.2, 0) is 19.1 Å². The van der Waals surface area contributed by atoms with Crippen LogP contribution in [0.2, 0.25) is 0 Å². The highest BCUT2D eigenvalue weighted by molar-refractivity contribution is 5.84. The molecule has 0 saturated heterocycles. The summed E-state index contributed by atoms with van der Waals surface area (Å²) >= 11 is 0. The van der Waals surface area contributed by atoms with Gasteiger partial charge in [0.1, 0.15) is 6.10 Å². The Hall–Kier alpha value is -2.16. The Bertz CT molecular complexity index is 505. The number of amides is 1. The van der Waals surface area contributed by atoms with Gasteiger partial charge in [-0.1, -0.05) is 18.2 Å². The lowest BCUT2D eigenvalue weighted by Crippen LogP contribution is -2.45. The van der Waals surface area contributed by atoms with Crippen molar-refractivity contribution in [2.75, 3.05) is 19.4 Å². The van der Waals surface area contributed by atoms with Crippen molar-refractivity contribution in [1.82, 2.24) is 5.32 Å². The third kappa shape index (κ3) is 4.15. The lowest BCUT2D eigenvalue weighted by molar-refractivity contribution is -0.149. The first-order valence-corrected chi connectivity index (χ1v) is 6.05. The Morgan fingerprint density at radius 1 is 1.33 bits per heavy atom. The molecule has 1 aromatic carbocycles. The summed E-state index contributed by atoms with van der Waals surface area (Å²) in [6.07, 6.45) is -0.999. The second-order valence-electron chi connectivity index (χ2n) is 4.19. The molecule has 1 aromatic rings. The van der Waals surface area contributed by atoms with Crippen molar-refractivity contribution in [2.45, 2.75) is 19.1 Å². The number of esters is 1. The van der Waals surface area contributed by atoms with Gasteiger partial charge in [0.15, 0.2) is 6.04 Å². The average Bonchev–Trinajstić information content (AvgIpc) is 2.46. The number of nitrogens with one attached hydrogen (secondary N) is 1. The molecule has 21 heavy (non-hydrogen) atoms. The maximum Gasteiger partial charge on any atom is 0.331 e. The average molecular weight is 297 g/mol. The monoisotopic (exact) mass is 297 g/mol. The summed E-state index contributed by atoms with van der Waals surface area (Å²) in [7, 11) is 2.48. The Kier molecular flexibility index (Phi) is 6.10. The largest absolute Gasteiger partial charge is 0.733 e. The molecule has 116 valence electrons. The summed E-state index contributed by atoms with van der Waals surface area (Å²) in [5.74, 6) is -1.20. The van der Waals surface area contributed by atoms with E-state index in [4.69, 9.17) is 9.94 Å². The number of ether oxygens (including phenoxy) is 2. The molecule has 0 aliphatic carbocycles. The highest BCUT2D eigenvalue weighted by Crippen LogP contribution is 2.30. The van der Waals surface area contributed by atoms with Gasteiger partial charge in [0, 0.05) is 19.6 Å². The first-order chi connectivity index (χ1) is 9.92. The zero-order chi connectivity index (χ0) is 16.0. The van der Waals surface area contributed by atoms with E-state index in [2.05, 4.69) is 10.1 Å². The molecule has 2 atom stereocenters. The fourth-order valence-electron chi connectivity index (χ4n) is 1.95. The second-order valence-corrected chi connectivity index (χ2v) is 4.19. The molecule has 0 aliphatic heterocycles. The summed E-state index contributed by atoms with van der Waals surface area (Å²) < 4.78 is 9.85. The molecule has 0 bridgehead atoms. The van der Waals surface area contributed by atoms with Gasteiger partial charge < -0.3 is 25.2 Å². The molecule has 8 nitrogen and oxygen atoms in total. The number of carbonyl (C=O) groups is 2. The van der Waals surface area contributed by atoms with E-state index in [0.29, 0.717) is 0 Å². The van der Waals surface area contributed by atoms with E-state index in [1.807, 2.05) is 0 Å². The predicted octanol–water partition coefficient (Wildman–Crippen LogP) is 0.745. The molecule has 0 saturated carbocycles. The summed E-state index contributed by atoms with van der Waals surface area (Å²) in [4.78, 5) is 23.1. The van der Waals surface area contributed by atoms with Gasteiger partial charge in [0.05, 0.1) is 12.8 Å². The number of hydrogen-bond acceptors (Lipinski definition) is 7. The van der Waals surface area contributed by atoms with Crippen LogP contribution in [0, 0.1) is 5.21 Å². The van der Waals surface area contributed by atoms with Crippen LogP contribution >= 0.6 is 0 Å². The first-order valence-electron chi connectivity index (χ1n) is 6.05. The van der Waals surface area contributed by atoms with E-state index in [-0.39, 0.29) is 16.5 Å². The number of methoxy groups -OCH3 is 2. The molecule has 8 heteroatoms. The van der Waals surface area contributed by atoms with Crippen molar-refractivity contribution in [1.29, 1.82) is 0 Å². The molecule has 2 unspecified atom stereocenters. The Balaban J connectivity index is 3.25. The molecular weight excluding hydrogens is 280 g/mol. The van der Waals surface area contributed by atoms with Crippen molar-refractivity contribution >= 4 is 17.6 Å². The van der Waals surface area contributed by atoms with Crippen molar-refractivity contribution in [3.05, 3.63) is 35.0 Å². The predicted molar refractivity (Wildman–Crippen MR) is 73.4 cm³/mol. The SMILES string of the molecule is COC(=O)C(NC(C)=O)C(OC)c1ccccc1N([O-])O. The number of rotatable bonds is 6. The van der Waals surface area contributed by atoms with Crippen molar-refractivity contribution in [2.24, 2.45) is 0 Å². The number of carbonyl (C=O) groups excluding carboxylic acids is 2. The molecule has 0 aliphatic rings. The number of benzene rings is 1. The zero-order valence-electron chi connectivity index (χ0n) is 11.9. The molecule has 0 heterocycles. The summed E-state index contributed by atoms with van der Waals surface area (Å²) in [6, 6.07) is 4.85. The van der Waals surface area contributed by atoms with Gasteiger partial charge in [-0.15, -0.1) is 0 Å². The quantitative estimate of drug-likeness (QED) is 0.588. The fraction of sp³-hybridized carbons (Fsp3) is 0.385. The second kappa shape index (κ2) is 7.58. The van der Waals surface area contributed by atoms with Crippen LogP contribution in [-0.4, -0.2) is 37.3 Å². The summed E-state index contributed by atoms with van der Waals surface area (Å²) in [5.41, 5.74) is 0.144. The minimum absolute atomic E-state index is 0.0939. The summed E-state index contributed by atoms with van der Waals surface area (Å²) in [6.45, 7) is 1.24. The Morgan fingerprint density at radius 2 is 1.95 bits per heavy atom. The topological polar surface area (TPSA) is 111 Å². The smallest absolute Gasteiger partial charge is 0.331 e.